The van der Waals surface area contributed by atoms with Crippen molar-refractivity contribution in [3.63, 3.8) is 0 Å². The lowest BCUT2D eigenvalue weighted by molar-refractivity contribution is -0.0464. The summed E-state index contributed by atoms with van der Waals surface area (Å²) in [6.45, 7) is 13.2. The molecule has 20 heavy (non-hydrogen) atoms. The average Bonchev–Trinajstić information content (AvgIpc) is 2.46. The highest BCUT2D eigenvalue weighted by molar-refractivity contribution is 5.37. The van der Waals surface area contributed by atoms with Crippen LogP contribution in [-0.4, -0.2) is 43.9 Å². The fourth-order valence-electron chi connectivity index (χ4n) is 2.48. The van der Waals surface area contributed by atoms with Crippen LogP contribution in [0.2, 0.25) is 0 Å². The molecule has 0 radical (unpaired) electrons. The van der Waals surface area contributed by atoms with E-state index in [-0.39, 0.29) is 6.10 Å². The van der Waals surface area contributed by atoms with Crippen LogP contribution in [0.1, 0.15) is 37.8 Å². The van der Waals surface area contributed by atoms with Crippen molar-refractivity contribution in [2.75, 3.05) is 32.8 Å². The Morgan fingerprint density at radius 3 is 2.90 bits per heavy atom. The second-order valence-electron chi connectivity index (χ2n) is 5.88. The second kappa shape index (κ2) is 7.09. The quantitative estimate of drug-likeness (QED) is 0.825. The van der Waals surface area contributed by atoms with Gasteiger partial charge in [0.2, 0.25) is 0 Å². The Kier molecular flexibility index (Phi) is 5.44. The zero-order valence-electron chi connectivity index (χ0n) is 13.2. The highest BCUT2D eigenvalue weighted by Crippen LogP contribution is 2.24. The van der Waals surface area contributed by atoms with Gasteiger partial charge in [-0.1, -0.05) is 32.9 Å². The van der Waals surface area contributed by atoms with Crippen molar-refractivity contribution >= 4 is 0 Å². The van der Waals surface area contributed by atoms with E-state index in [1.165, 1.54) is 11.1 Å². The lowest BCUT2D eigenvalue weighted by Gasteiger charge is -2.32. The highest BCUT2D eigenvalue weighted by Gasteiger charge is 2.20. The summed E-state index contributed by atoms with van der Waals surface area (Å²) in [5.74, 6) is 1.52. The maximum atomic E-state index is 6.01. The van der Waals surface area contributed by atoms with Crippen LogP contribution in [0.5, 0.6) is 5.75 Å². The Hall–Kier alpha value is -1.06. The number of hydrogen-bond acceptors (Lipinski definition) is 3. The third-order valence-corrected chi connectivity index (χ3v) is 3.97. The zero-order chi connectivity index (χ0) is 14.5. The lowest BCUT2D eigenvalue weighted by atomic mass is 10.0. The number of ether oxygens (including phenoxy) is 2. The minimum Gasteiger partial charge on any atom is -0.491 e. The molecule has 3 heteroatoms. The van der Waals surface area contributed by atoms with Gasteiger partial charge in [0.1, 0.15) is 18.5 Å². The summed E-state index contributed by atoms with van der Waals surface area (Å²) >= 11 is 0. The molecule has 1 aromatic carbocycles. The summed E-state index contributed by atoms with van der Waals surface area (Å²) in [4.78, 5) is 2.41. The van der Waals surface area contributed by atoms with Crippen LogP contribution in [-0.2, 0) is 4.74 Å². The molecule has 1 unspecified atom stereocenters. The van der Waals surface area contributed by atoms with Gasteiger partial charge in [-0.15, -0.1) is 0 Å². The van der Waals surface area contributed by atoms with E-state index in [0.717, 1.165) is 32.0 Å². The van der Waals surface area contributed by atoms with Crippen LogP contribution in [0, 0.1) is 6.92 Å². The van der Waals surface area contributed by atoms with E-state index in [0.29, 0.717) is 12.5 Å². The molecule has 3 nitrogen and oxygen atoms in total. The van der Waals surface area contributed by atoms with Gasteiger partial charge in [0.05, 0.1) is 6.61 Å². The number of rotatable bonds is 5. The maximum Gasteiger partial charge on any atom is 0.122 e. The Bertz CT molecular complexity index is 431. The maximum absolute atomic E-state index is 6.01. The van der Waals surface area contributed by atoms with Crippen LogP contribution in [0.4, 0.5) is 0 Å². The van der Waals surface area contributed by atoms with Gasteiger partial charge >= 0.3 is 0 Å². The molecule has 0 aromatic heterocycles. The fourth-order valence-corrected chi connectivity index (χ4v) is 2.48. The van der Waals surface area contributed by atoms with Crippen molar-refractivity contribution in [3.05, 3.63) is 29.3 Å². The molecule has 1 atom stereocenters. The Balaban J connectivity index is 1.94. The van der Waals surface area contributed by atoms with Crippen LogP contribution in [0.15, 0.2) is 18.2 Å². The molecule has 0 amide bonds. The molecule has 1 saturated heterocycles. The van der Waals surface area contributed by atoms with Crippen LogP contribution in [0.25, 0.3) is 0 Å². The van der Waals surface area contributed by atoms with Crippen molar-refractivity contribution in [2.24, 2.45) is 0 Å². The van der Waals surface area contributed by atoms with Gasteiger partial charge in [-0.25, -0.2) is 0 Å². The summed E-state index contributed by atoms with van der Waals surface area (Å²) in [6.07, 6.45) is 0.186. The summed E-state index contributed by atoms with van der Waals surface area (Å²) in [5, 5.41) is 0. The van der Waals surface area contributed by atoms with Crippen LogP contribution in [0.3, 0.4) is 0 Å². The average molecular weight is 277 g/mol. The van der Waals surface area contributed by atoms with Gasteiger partial charge in [-0.05, 0) is 36.6 Å². The van der Waals surface area contributed by atoms with Crippen molar-refractivity contribution in [1.29, 1.82) is 0 Å². The summed E-state index contributed by atoms with van der Waals surface area (Å²) < 4.78 is 11.8. The molecule has 0 spiro atoms. The third kappa shape index (κ3) is 3.97. The van der Waals surface area contributed by atoms with E-state index < -0.39 is 0 Å². The Labute approximate surface area is 122 Å². The number of morpholine rings is 1. The predicted molar refractivity (Wildman–Crippen MR) is 82.6 cm³/mol. The minimum atomic E-state index is 0.186. The van der Waals surface area contributed by atoms with Crippen molar-refractivity contribution in [3.8, 4) is 5.75 Å². The van der Waals surface area contributed by atoms with Gasteiger partial charge in [-0.3, -0.25) is 4.90 Å². The minimum absolute atomic E-state index is 0.186. The Morgan fingerprint density at radius 2 is 2.20 bits per heavy atom. The standard InChI is InChI=1S/C17H27NO2/c1-5-18-8-9-19-16(11-18)12-20-17-10-15(13(2)3)7-6-14(17)4/h6-7,10,13,16H,5,8-9,11-12H2,1-4H3. The lowest BCUT2D eigenvalue weighted by Crippen LogP contribution is -2.44. The van der Waals surface area contributed by atoms with E-state index in [4.69, 9.17) is 9.47 Å². The van der Waals surface area contributed by atoms with Gasteiger partial charge in [0.25, 0.3) is 0 Å². The topological polar surface area (TPSA) is 21.7 Å². The van der Waals surface area contributed by atoms with Gasteiger partial charge in [0.15, 0.2) is 0 Å². The van der Waals surface area contributed by atoms with E-state index in [9.17, 15) is 0 Å². The van der Waals surface area contributed by atoms with E-state index in [1.807, 2.05) is 0 Å². The molecular weight excluding hydrogens is 250 g/mol. The molecule has 1 aromatic rings. The van der Waals surface area contributed by atoms with Gasteiger partial charge in [0, 0.05) is 13.1 Å². The monoisotopic (exact) mass is 277 g/mol. The molecule has 1 aliphatic heterocycles. The van der Waals surface area contributed by atoms with Gasteiger partial charge in [-0.2, -0.15) is 0 Å². The molecule has 1 aliphatic rings. The number of nitrogens with zero attached hydrogens (tertiary/aromatic N) is 1. The molecule has 0 aliphatic carbocycles. The molecular formula is C17H27NO2. The SMILES string of the molecule is CCN1CCOC(COc2cc(C(C)C)ccc2C)C1. The van der Waals surface area contributed by atoms with Crippen molar-refractivity contribution in [1.82, 2.24) is 4.90 Å². The molecule has 2 rings (SSSR count). The van der Waals surface area contributed by atoms with E-state index in [1.54, 1.807) is 0 Å². The number of hydrogen-bond donors (Lipinski definition) is 0. The molecule has 1 fully saturated rings. The summed E-state index contributed by atoms with van der Waals surface area (Å²) in [5.41, 5.74) is 2.52. The molecule has 0 N–H and O–H groups in total. The van der Waals surface area contributed by atoms with Crippen LogP contribution < -0.4 is 4.74 Å². The summed E-state index contributed by atoms with van der Waals surface area (Å²) in [6, 6.07) is 6.49. The summed E-state index contributed by atoms with van der Waals surface area (Å²) in [7, 11) is 0. The first-order chi connectivity index (χ1) is 9.60. The Morgan fingerprint density at radius 1 is 1.40 bits per heavy atom. The number of benzene rings is 1. The number of likely N-dealkylation sites (N-methyl/N-ethyl adjacent to an activating group) is 1. The largest absolute Gasteiger partial charge is 0.491 e. The predicted octanol–water partition coefficient (Wildman–Crippen LogP) is 3.22. The van der Waals surface area contributed by atoms with E-state index >= 15 is 0 Å². The van der Waals surface area contributed by atoms with Crippen molar-refractivity contribution < 1.29 is 9.47 Å². The highest BCUT2D eigenvalue weighted by atomic mass is 16.5. The smallest absolute Gasteiger partial charge is 0.122 e. The first kappa shape index (κ1) is 15.3. The first-order valence-electron chi connectivity index (χ1n) is 7.67. The third-order valence-electron chi connectivity index (χ3n) is 3.97. The molecule has 0 saturated carbocycles. The molecule has 112 valence electrons. The fraction of sp³-hybridized carbons (Fsp3) is 0.647. The second-order valence-corrected chi connectivity index (χ2v) is 5.88. The first-order valence-corrected chi connectivity index (χ1v) is 7.67. The van der Waals surface area contributed by atoms with Gasteiger partial charge < -0.3 is 9.47 Å². The zero-order valence-corrected chi connectivity index (χ0v) is 13.2. The van der Waals surface area contributed by atoms with E-state index in [2.05, 4.69) is 50.8 Å². The van der Waals surface area contributed by atoms with Crippen molar-refractivity contribution in [2.45, 2.75) is 39.7 Å². The number of aryl methyl sites for hydroxylation is 1. The molecule has 0 bridgehead atoms. The molecule has 1 heterocycles. The van der Waals surface area contributed by atoms with Crippen LogP contribution >= 0.6 is 0 Å². The normalized spacial score (nSPS) is 20.4.